The third kappa shape index (κ3) is 2.65. The van der Waals surface area contributed by atoms with Crippen molar-refractivity contribution in [2.24, 2.45) is 5.92 Å². The molecule has 5 heteroatoms. The van der Waals surface area contributed by atoms with Gasteiger partial charge in [0.2, 0.25) is 0 Å². The minimum absolute atomic E-state index is 0.164. The van der Waals surface area contributed by atoms with Gasteiger partial charge >= 0.3 is 6.09 Å². The molecule has 0 aliphatic carbocycles. The molecule has 0 unspecified atom stereocenters. The Labute approximate surface area is 70.1 Å². The standard InChI is InChI=1S/C7H13FN2O2/c8-6-4-9-2-1-5(6)3-10-7(11)12/h5-6,9-10H,1-4H2,(H,11,12)/t5-,6-/m1/s1. The number of piperidine rings is 1. The van der Waals surface area contributed by atoms with Crippen LogP contribution < -0.4 is 10.6 Å². The second-order valence-corrected chi connectivity index (χ2v) is 2.95. The van der Waals surface area contributed by atoms with Gasteiger partial charge < -0.3 is 15.7 Å². The van der Waals surface area contributed by atoms with Crippen LogP contribution in [0, 0.1) is 5.92 Å². The SMILES string of the molecule is O=C(O)NC[C@H]1CCNC[C@H]1F. The summed E-state index contributed by atoms with van der Waals surface area (Å²) in [5, 5.41) is 13.4. The van der Waals surface area contributed by atoms with Gasteiger partial charge in [-0.15, -0.1) is 0 Å². The van der Waals surface area contributed by atoms with E-state index in [1.54, 1.807) is 0 Å². The molecule has 4 nitrogen and oxygen atoms in total. The first-order valence-corrected chi connectivity index (χ1v) is 4.01. The summed E-state index contributed by atoms with van der Waals surface area (Å²) >= 11 is 0. The zero-order valence-corrected chi connectivity index (χ0v) is 6.72. The first-order valence-electron chi connectivity index (χ1n) is 4.01. The van der Waals surface area contributed by atoms with Crippen LogP contribution in [0.25, 0.3) is 0 Å². The fraction of sp³-hybridized carbons (Fsp3) is 0.857. The lowest BCUT2D eigenvalue weighted by Gasteiger charge is -2.26. The van der Waals surface area contributed by atoms with Crippen LogP contribution in [0.2, 0.25) is 0 Å². The monoisotopic (exact) mass is 176 g/mol. The Balaban J connectivity index is 2.24. The summed E-state index contributed by atoms with van der Waals surface area (Å²) < 4.78 is 13.0. The van der Waals surface area contributed by atoms with Crippen LogP contribution in [0.4, 0.5) is 9.18 Å². The molecule has 1 aliphatic heterocycles. The average molecular weight is 176 g/mol. The van der Waals surface area contributed by atoms with Gasteiger partial charge in [0, 0.05) is 19.0 Å². The molecule has 1 heterocycles. The number of halogens is 1. The van der Waals surface area contributed by atoms with E-state index in [4.69, 9.17) is 5.11 Å². The van der Waals surface area contributed by atoms with Crippen LogP contribution in [0.1, 0.15) is 6.42 Å². The molecule has 1 rings (SSSR count). The normalized spacial score (nSPS) is 29.8. The van der Waals surface area contributed by atoms with Gasteiger partial charge in [-0.3, -0.25) is 0 Å². The molecule has 0 radical (unpaired) electrons. The lowest BCUT2D eigenvalue weighted by molar-refractivity contribution is 0.164. The van der Waals surface area contributed by atoms with Crippen molar-refractivity contribution in [2.45, 2.75) is 12.6 Å². The van der Waals surface area contributed by atoms with E-state index >= 15 is 0 Å². The highest BCUT2D eigenvalue weighted by atomic mass is 19.1. The van der Waals surface area contributed by atoms with E-state index in [-0.39, 0.29) is 12.5 Å². The predicted molar refractivity (Wildman–Crippen MR) is 41.9 cm³/mol. The first kappa shape index (κ1) is 9.25. The molecular formula is C7H13FN2O2. The van der Waals surface area contributed by atoms with Crippen LogP contribution in [0.15, 0.2) is 0 Å². The molecule has 2 atom stereocenters. The molecule has 12 heavy (non-hydrogen) atoms. The quantitative estimate of drug-likeness (QED) is 0.563. The predicted octanol–water partition coefficient (Wildman–Crippen LogP) is 0.202. The van der Waals surface area contributed by atoms with E-state index in [9.17, 15) is 9.18 Å². The van der Waals surface area contributed by atoms with Crippen molar-refractivity contribution in [3.05, 3.63) is 0 Å². The van der Waals surface area contributed by atoms with Crippen LogP contribution in [-0.2, 0) is 0 Å². The zero-order chi connectivity index (χ0) is 8.97. The van der Waals surface area contributed by atoms with Gasteiger partial charge in [-0.25, -0.2) is 9.18 Å². The van der Waals surface area contributed by atoms with Crippen molar-refractivity contribution in [3.63, 3.8) is 0 Å². The highest BCUT2D eigenvalue weighted by molar-refractivity contribution is 5.64. The number of hydrogen-bond acceptors (Lipinski definition) is 2. The minimum atomic E-state index is -1.08. The molecule has 0 aromatic carbocycles. The van der Waals surface area contributed by atoms with Gasteiger partial charge in [-0.05, 0) is 13.0 Å². The Morgan fingerprint density at radius 2 is 2.50 bits per heavy atom. The molecule has 0 aromatic heterocycles. The van der Waals surface area contributed by atoms with Crippen molar-refractivity contribution in [1.29, 1.82) is 0 Å². The van der Waals surface area contributed by atoms with Crippen molar-refractivity contribution < 1.29 is 14.3 Å². The second kappa shape index (κ2) is 4.25. The molecule has 1 saturated heterocycles. The Morgan fingerprint density at radius 3 is 3.08 bits per heavy atom. The van der Waals surface area contributed by atoms with E-state index in [1.165, 1.54) is 0 Å². The molecule has 1 fully saturated rings. The van der Waals surface area contributed by atoms with Gasteiger partial charge in [-0.2, -0.15) is 0 Å². The Hall–Kier alpha value is -0.840. The van der Waals surface area contributed by atoms with E-state index in [2.05, 4.69) is 10.6 Å². The Morgan fingerprint density at radius 1 is 1.75 bits per heavy atom. The summed E-state index contributed by atoms with van der Waals surface area (Å²) in [5.41, 5.74) is 0. The van der Waals surface area contributed by atoms with E-state index < -0.39 is 12.3 Å². The van der Waals surface area contributed by atoms with Crippen LogP contribution in [-0.4, -0.2) is 37.0 Å². The molecule has 1 aliphatic rings. The molecule has 0 saturated carbocycles. The zero-order valence-electron chi connectivity index (χ0n) is 6.72. The molecular weight excluding hydrogens is 163 g/mol. The van der Waals surface area contributed by atoms with Gasteiger partial charge in [-0.1, -0.05) is 0 Å². The maximum absolute atomic E-state index is 13.0. The fourth-order valence-corrected chi connectivity index (χ4v) is 1.32. The number of nitrogens with one attached hydrogen (secondary N) is 2. The fourth-order valence-electron chi connectivity index (χ4n) is 1.32. The van der Waals surface area contributed by atoms with Gasteiger partial charge in [0.25, 0.3) is 0 Å². The van der Waals surface area contributed by atoms with E-state index in [0.29, 0.717) is 13.0 Å². The molecule has 0 spiro atoms. The summed E-state index contributed by atoms with van der Waals surface area (Å²) in [4.78, 5) is 10.1. The average Bonchev–Trinajstić information content (AvgIpc) is 2.03. The van der Waals surface area contributed by atoms with Crippen molar-refractivity contribution in [1.82, 2.24) is 10.6 Å². The second-order valence-electron chi connectivity index (χ2n) is 2.95. The highest BCUT2D eigenvalue weighted by Crippen LogP contribution is 2.14. The molecule has 1 amide bonds. The van der Waals surface area contributed by atoms with E-state index in [0.717, 1.165) is 6.54 Å². The maximum atomic E-state index is 13.0. The van der Waals surface area contributed by atoms with Gasteiger partial charge in [0.15, 0.2) is 0 Å². The summed E-state index contributed by atoms with van der Waals surface area (Å²) in [6.45, 7) is 1.33. The number of alkyl halides is 1. The summed E-state index contributed by atoms with van der Waals surface area (Å²) in [6, 6.07) is 0. The van der Waals surface area contributed by atoms with Crippen LogP contribution in [0.5, 0.6) is 0 Å². The first-order chi connectivity index (χ1) is 5.70. The number of rotatable bonds is 2. The summed E-state index contributed by atoms with van der Waals surface area (Å²) in [6.07, 6.45) is -1.31. The smallest absolute Gasteiger partial charge is 0.404 e. The Bertz CT molecular complexity index is 165. The number of carboxylic acid groups (broad SMARTS) is 1. The van der Waals surface area contributed by atoms with Crippen molar-refractivity contribution >= 4 is 6.09 Å². The van der Waals surface area contributed by atoms with Crippen molar-refractivity contribution in [2.75, 3.05) is 19.6 Å². The van der Waals surface area contributed by atoms with E-state index in [1.807, 2.05) is 0 Å². The lowest BCUT2D eigenvalue weighted by Crippen LogP contribution is -2.43. The molecule has 0 aromatic rings. The van der Waals surface area contributed by atoms with Crippen LogP contribution >= 0.6 is 0 Å². The topological polar surface area (TPSA) is 61.4 Å². The third-order valence-electron chi connectivity index (χ3n) is 2.06. The molecule has 3 N–H and O–H groups in total. The molecule has 0 bridgehead atoms. The summed E-state index contributed by atoms with van der Waals surface area (Å²) in [7, 11) is 0. The number of amides is 1. The van der Waals surface area contributed by atoms with Crippen molar-refractivity contribution in [3.8, 4) is 0 Å². The minimum Gasteiger partial charge on any atom is -0.465 e. The van der Waals surface area contributed by atoms with Gasteiger partial charge in [0.1, 0.15) is 6.17 Å². The van der Waals surface area contributed by atoms with Crippen LogP contribution in [0.3, 0.4) is 0 Å². The molecule has 70 valence electrons. The largest absolute Gasteiger partial charge is 0.465 e. The number of carbonyl (C=O) groups is 1. The Kier molecular flexibility index (Phi) is 3.28. The summed E-state index contributed by atoms with van der Waals surface area (Å²) in [5.74, 6) is -0.164. The third-order valence-corrected chi connectivity index (χ3v) is 2.06. The van der Waals surface area contributed by atoms with Gasteiger partial charge in [0.05, 0.1) is 0 Å². The lowest BCUT2D eigenvalue weighted by atomic mass is 9.96. The maximum Gasteiger partial charge on any atom is 0.404 e. The highest BCUT2D eigenvalue weighted by Gasteiger charge is 2.24. The number of hydrogen-bond donors (Lipinski definition) is 3.